The third kappa shape index (κ3) is 3.51. The number of halogens is 1. The van der Waals surface area contributed by atoms with Crippen LogP contribution in [0.1, 0.15) is 21.4 Å². The summed E-state index contributed by atoms with van der Waals surface area (Å²) in [5, 5.41) is 7.74. The van der Waals surface area contributed by atoms with Gasteiger partial charge in [0.05, 0.1) is 23.3 Å². The lowest BCUT2D eigenvalue weighted by Crippen LogP contribution is -2.40. The van der Waals surface area contributed by atoms with E-state index in [1.165, 1.54) is 15.3 Å². The molecule has 1 aromatic carbocycles. The van der Waals surface area contributed by atoms with Crippen molar-refractivity contribution in [3.8, 4) is 0 Å². The van der Waals surface area contributed by atoms with Gasteiger partial charge < -0.3 is 5.32 Å². The van der Waals surface area contributed by atoms with Crippen molar-refractivity contribution < 1.29 is 4.79 Å². The van der Waals surface area contributed by atoms with Gasteiger partial charge in [-0.3, -0.25) is 9.69 Å². The average molecular weight is 389 g/mol. The molecule has 2 aromatic heterocycles. The molecule has 1 N–H and O–H groups in total. The summed E-state index contributed by atoms with van der Waals surface area (Å²) in [6.45, 7) is 1.23. The molecule has 3 nitrogen and oxygen atoms in total. The maximum absolute atomic E-state index is 12.6. The van der Waals surface area contributed by atoms with Crippen LogP contribution in [0.15, 0.2) is 53.2 Å². The van der Waals surface area contributed by atoms with Gasteiger partial charge in [0.15, 0.2) is 0 Å². The summed E-state index contributed by atoms with van der Waals surface area (Å²) < 4.78 is 0. The van der Waals surface area contributed by atoms with Crippen molar-refractivity contribution in [3.63, 3.8) is 0 Å². The molecule has 0 saturated heterocycles. The number of hydrogen-bond acceptors (Lipinski definition) is 4. The van der Waals surface area contributed by atoms with Gasteiger partial charge in [-0.25, -0.2) is 0 Å². The quantitative estimate of drug-likeness (QED) is 0.678. The first-order valence-corrected chi connectivity index (χ1v) is 10.2. The van der Waals surface area contributed by atoms with E-state index in [4.69, 9.17) is 11.6 Å². The summed E-state index contributed by atoms with van der Waals surface area (Å²) in [6, 6.07) is 13.9. The summed E-state index contributed by atoms with van der Waals surface area (Å²) in [7, 11) is 0. The number of nitrogens with one attached hydrogen (secondary N) is 1. The van der Waals surface area contributed by atoms with E-state index in [0.29, 0.717) is 17.3 Å². The number of anilines is 1. The Labute approximate surface area is 159 Å². The number of amides is 1. The van der Waals surface area contributed by atoms with E-state index >= 15 is 0 Å². The third-order valence-corrected chi connectivity index (χ3v) is 6.62. The van der Waals surface area contributed by atoms with Gasteiger partial charge in [-0.05, 0) is 47.0 Å². The number of para-hydroxylation sites is 1. The molecule has 3 aromatic rings. The van der Waals surface area contributed by atoms with Crippen molar-refractivity contribution >= 4 is 45.9 Å². The van der Waals surface area contributed by atoms with Crippen LogP contribution in [0.25, 0.3) is 0 Å². The minimum absolute atomic E-state index is 0.0339. The highest BCUT2D eigenvalue weighted by Gasteiger charge is 2.31. The lowest BCUT2D eigenvalue weighted by atomic mass is 9.98. The van der Waals surface area contributed by atoms with Crippen LogP contribution in [0, 0.1) is 0 Å². The second-order valence-electron chi connectivity index (χ2n) is 5.97. The number of rotatable bonds is 4. The highest BCUT2D eigenvalue weighted by atomic mass is 35.5. The Kier molecular flexibility index (Phi) is 4.90. The van der Waals surface area contributed by atoms with Crippen LogP contribution in [0.2, 0.25) is 5.02 Å². The molecule has 0 aliphatic carbocycles. The van der Waals surface area contributed by atoms with Crippen LogP contribution in [0.4, 0.5) is 5.69 Å². The number of benzene rings is 1. The van der Waals surface area contributed by atoms with Crippen LogP contribution in [0.3, 0.4) is 0 Å². The molecule has 0 saturated carbocycles. The lowest BCUT2D eigenvalue weighted by molar-refractivity contribution is -0.117. The number of thiophene rings is 2. The Morgan fingerprint density at radius 3 is 2.84 bits per heavy atom. The van der Waals surface area contributed by atoms with Crippen molar-refractivity contribution in [2.75, 3.05) is 18.4 Å². The van der Waals surface area contributed by atoms with E-state index in [1.807, 2.05) is 29.5 Å². The monoisotopic (exact) mass is 388 g/mol. The molecule has 4 rings (SSSR count). The molecule has 1 atom stereocenters. The fourth-order valence-corrected chi connectivity index (χ4v) is 5.22. The molecule has 0 spiro atoms. The first-order chi connectivity index (χ1) is 12.2. The Balaban J connectivity index is 1.55. The zero-order valence-electron chi connectivity index (χ0n) is 13.4. The fourth-order valence-electron chi connectivity index (χ4n) is 3.26. The molecule has 0 radical (unpaired) electrons. The summed E-state index contributed by atoms with van der Waals surface area (Å²) in [5.41, 5.74) is 2.00. The summed E-state index contributed by atoms with van der Waals surface area (Å²) in [5.74, 6) is -0.0339. The van der Waals surface area contributed by atoms with Crippen LogP contribution in [-0.4, -0.2) is 23.9 Å². The highest BCUT2D eigenvalue weighted by Crippen LogP contribution is 2.39. The Morgan fingerprint density at radius 2 is 2.04 bits per heavy atom. The Hall–Kier alpha value is -1.66. The molecular formula is C19H17ClN2OS2. The fraction of sp³-hybridized carbons (Fsp3) is 0.211. The number of nitrogens with zero attached hydrogens (tertiary/aromatic N) is 1. The van der Waals surface area contributed by atoms with Crippen molar-refractivity contribution in [2.45, 2.75) is 12.5 Å². The molecule has 1 aliphatic heterocycles. The van der Waals surface area contributed by atoms with Crippen molar-refractivity contribution in [2.24, 2.45) is 0 Å². The summed E-state index contributed by atoms with van der Waals surface area (Å²) in [4.78, 5) is 17.6. The molecule has 0 bridgehead atoms. The first-order valence-electron chi connectivity index (χ1n) is 8.10. The van der Waals surface area contributed by atoms with Gasteiger partial charge in [0.2, 0.25) is 5.91 Å². The largest absolute Gasteiger partial charge is 0.324 e. The normalized spacial score (nSPS) is 17.2. The SMILES string of the molecule is O=C(CN1CCc2sccc2C1c1cccs1)Nc1ccccc1Cl. The average Bonchev–Trinajstić information content (AvgIpc) is 3.28. The van der Waals surface area contributed by atoms with Gasteiger partial charge in [-0.1, -0.05) is 29.8 Å². The maximum atomic E-state index is 12.6. The zero-order chi connectivity index (χ0) is 17.2. The van der Waals surface area contributed by atoms with Gasteiger partial charge >= 0.3 is 0 Å². The molecule has 25 heavy (non-hydrogen) atoms. The van der Waals surface area contributed by atoms with E-state index in [-0.39, 0.29) is 11.9 Å². The van der Waals surface area contributed by atoms with Gasteiger partial charge in [0, 0.05) is 16.3 Å². The molecule has 1 unspecified atom stereocenters. The number of fused-ring (bicyclic) bond motifs is 1. The predicted octanol–water partition coefficient (Wildman–Crippen LogP) is 5.05. The summed E-state index contributed by atoms with van der Waals surface area (Å²) in [6.07, 6.45) is 0.994. The van der Waals surface area contributed by atoms with Crippen LogP contribution in [0.5, 0.6) is 0 Å². The summed E-state index contributed by atoms with van der Waals surface area (Å²) >= 11 is 9.70. The third-order valence-electron chi connectivity index (χ3n) is 4.37. The van der Waals surface area contributed by atoms with Gasteiger partial charge in [-0.2, -0.15) is 0 Å². The molecular weight excluding hydrogens is 372 g/mol. The van der Waals surface area contributed by atoms with Gasteiger partial charge in [0.25, 0.3) is 0 Å². The second-order valence-corrected chi connectivity index (χ2v) is 8.35. The Bertz CT molecular complexity index is 875. The van der Waals surface area contributed by atoms with Crippen LogP contribution < -0.4 is 5.32 Å². The van der Waals surface area contributed by atoms with E-state index in [1.54, 1.807) is 17.4 Å². The van der Waals surface area contributed by atoms with E-state index in [2.05, 4.69) is 39.2 Å². The minimum atomic E-state index is -0.0339. The zero-order valence-corrected chi connectivity index (χ0v) is 15.8. The van der Waals surface area contributed by atoms with Crippen molar-refractivity contribution in [1.82, 2.24) is 4.90 Å². The topological polar surface area (TPSA) is 32.3 Å². The molecule has 3 heterocycles. The standard InChI is InChI=1S/C19H17ClN2OS2/c20-14-4-1-2-5-15(14)21-18(23)12-22-9-7-16-13(8-11-25-16)19(22)17-6-3-10-24-17/h1-6,8,10-11,19H,7,9,12H2,(H,21,23). The smallest absolute Gasteiger partial charge is 0.238 e. The molecule has 128 valence electrons. The predicted molar refractivity (Wildman–Crippen MR) is 106 cm³/mol. The molecule has 1 amide bonds. The maximum Gasteiger partial charge on any atom is 0.238 e. The Morgan fingerprint density at radius 1 is 1.16 bits per heavy atom. The lowest BCUT2D eigenvalue weighted by Gasteiger charge is -2.34. The number of carbonyl (C=O) groups excluding carboxylic acids is 1. The molecule has 1 aliphatic rings. The minimum Gasteiger partial charge on any atom is -0.324 e. The molecule has 0 fully saturated rings. The molecule has 6 heteroatoms. The van der Waals surface area contributed by atoms with Crippen molar-refractivity contribution in [1.29, 1.82) is 0 Å². The van der Waals surface area contributed by atoms with E-state index < -0.39 is 0 Å². The van der Waals surface area contributed by atoms with Crippen LogP contribution >= 0.6 is 34.3 Å². The van der Waals surface area contributed by atoms with Crippen LogP contribution in [-0.2, 0) is 11.2 Å². The second kappa shape index (κ2) is 7.30. The van der Waals surface area contributed by atoms with Gasteiger partial charge in [-0.15, -0.1) is 22.7 Å². The number of carbonyl (C=O) groups is 1. The van der Waals surface area contributed by atoms with Crippen molar-refractivity contribution in [3.05, 3.63) is 73.6 Å². The number of hydrogen-bond donors (Lipinski definition) is 1. The van der Waals surface area contributed by atoms with E-state index in [9.17, 15) is 4.79 Å². The van der Waals surface area contributed by atoms with Gasteiger partial charge in [0.1, 0.15) is 0 Å². The first kappa shape index (κ1) is 16.8. The highest BCUT2D eigenvalue weighted by molar-refractivity contribution is 7.10. The van der Waals surface area contributed by atoms with E-state index in [0.717, 1.165) is 13.0 Å².